The van der Waals surface area contributed by atoms with Crippen molar-refractivity contribution < 1.29 is 31.5 Å². The number of aromatic amines is 1. The molecule has 2 saturated heterocycles. The zero-order valence-electron chi connectivity index (χ0n) is 20.2. The van der Waals surface area contributed by atoms with Gasteiger partial charge in [-0.25, -0.2) is 13.8 Å². The van der Waals surface area contributed by atoms with Crippen molar-refractivity contribution in [2.24, 2.45) is 0 Å². The van der Waals surface area contributed by atoms with Crippen molar-refractivity contribution >= 4 is 16.9 Å². The van der Waals surface area contributed by atoms with Crippen LogP contribution in [0.25, 0.3) is 11.0 Å². The molecule has 0 saturated carbocycles. The van der Waals surface area contributed by atoms with Crippen LogP contribution >= 0.6 is 0 Å². The quantitative estimate of drug-likeness (QED) is 0.456. The minimum Gasteiger partial charge on any atom is -0.403 e. The van der Waals surface area contributed by atoms with Gasteiger partial charge in [0.1, 0.15) is 11.5 Å². The number of likely N-dealkylation sites (tertiary alicyclic amines) is 2. The molecule has 2 fully saturated rings. The van der Waals surface area contributed by atoms with Gasteiger partial charge >= 0.3 is 6.36 Å². The van der Waals surface area contributed by atoms with Gasteiger partial charge in [-0.3, -0.25) is 4.79 Å². The molecule has 2 aromatic heterocycles. The minimum absolute atomic E-state index is 0.0728. The number of hydrogen-bond acceptors (Lipinski definition) is 4. The van der Waals surface area contributed by atoms with Crippen LogP contribution in [0.4, 0.5) is 22.0 Å². The molecule has 6 nitrogen and oxygen atoms in total. The number of H-pyrrole nitrogens is 1. The van der Waals surface area contributed by atoms with E-state index in [9.17, 15) is 22.4 Å². The number of amides is 1. The fourth-order valence-corrected chi connectivity index (χ4v) is 5.44. The molecule has 0 radical (unpaired) electrons. The zero-order chi connectivity index (χ0) is 26.3. The number of halogens is 5. The maximum atomic E-state index is 15.0. The Balaban J connectivity index is 1.29. The van der Waals surface area contributed by atoms with Crippen LogP contribution in [0.15, 0.2) is 30.5 Å². The summed E-state index contributed by atoms with van der Waals surface area (Å²) < 4.78 is 69.9. The van der Waals surface area contributed by atoms with E-state index < -0.39 is 23.8 Å². The number of pyridine rings is 1. The fraction of sp³-hybridized carbons (Fsp3) is 0.462. The van der Waals surface area contributed by atoms with Crippen molar-refractivity contribution in [2.75, 3.05) is 33.2 Å². The van der Waals surface area contributed by atoms with Gasteiger partial charge in [-0.2, -0.15) is 0 Å². The lowest BCUT2D eigenvalue weighted by molar-refractivity contribution is -0.275. The van der Waals surface area contributed by atoms with Crippen molar-refractivity contribution in [3.8, 4) is 5.75 Å². The van der Waals surface area contributed by atoms with E-state index in [1.54, 1.807) is 0 Å². The first kappa shape index (κ1) is 25.4. The lowest BCUT2D eigenvalue weighted by atomic mass is 9.87. The maximum absolute atomic E-state index is 15.0. The summed E-state index contributed by atoms with van der Waals surface area (Å²) in [6.45, 7) is 2.62. The van der Waals surface area contributed by atoms with Crippen LogP contribution in [0.2, 0.25) is 0 Å². The SMILES string of the molecule is CN1CCC(c2cc3c(C4CCN(C(=O)c5ccc(OC(F)(F)F)c(F)c5)CC4)c(F)cnc3[nH]2)CC1. The Labute approximate surface area is 210 Å². The van der Waals surface area contributed by atoms with Gasteiger partial charge in [0.15, 0.2) is 11.6 Å². The van der Waals surface area contributed by atoms with Gasteiger partial charge in [0, 0.05) is 41.2 Å². The van der Waals surface area contributed by atoms with Crippen molar-refractivity contribution in [3.63, 3.8) is 0 Å². The molecule has 0 unspecified atom stereocenters. The normalized spacial score (nSPS) is 18.5. The highest BCUT2D eigenvalue weighted by Crippen LogP contribution is 2.37. The van der Waals surface area contributed by atoms with Crippen LogP contribution < -0.4 is 4.74 Å². The summed E-state index contributed by atoms with van der Waals surface area (Å²) in [5.41, 5.74) is 2.24. The summed E-state index contributed by atoms with van der Waals surface area (Å²) in [5.74, 6) is -2.90. The van der Waals surface area contributed by atoms with Crippen molar-refractivity contribution in [1.82, 2.24) is 19.8 Å². The molecule has 0 bridgehead atoms. The molecule has 1 N–H and O–H groups in total. The predicted octanol–water partition coefficient (Wildman–Crippen LogP) is 5.57. The van der Waals surface area contributed by atoms with Crippen LogP contribution in [0.1, 0.15) is 59.1 Å². The summed E-state index contributed by atoms with van der Waals surface area (Å²) in [4.78, 5) is 24.3. The Hall–Kier alpha value is -3.21. The van der Waals surface area contributed by atoms with E-state index in [0.717, 1.165) is 55.2 Å². The minimum atomic E-state index is -5.03. The van der Waals surface area contributed by atoms with E-state index in [1.807, 2.05) is 6.07 Å². The number of ether oxygens (including phenoxy) is 1. The first-order chi connectivity index (χ1) is 17.6. The molecule has 2 aliphatic rings. The highest BCUT2D eigenvalue weighted by molar-refractivity contribution is 5.94. The van der Waals surface area contributed by atoms with Gasteiger partial charge in [0.2, 0.25) is 0 Å². The van der Waals surface area contributed by atoms with Crippen molar-refractivity contribution in [3.05, 3.63) is 58.9 Å². The number of hydrogen-bond donors (Lipinski definition) is 1. The molecule has 2 aliphatic heterocycles. The Kier molecular flexibility index (Phi) is 6.82. The third-order valence-corrected chi connectivity index (χ3v) is 7.43. The molecular formula is C26H27F5N4O2. The van der Waals surface area contributed by atoms with Gasteiger partial charge in [0.25, 0.3) is 5.91 Å². The highest BCUT2D eigenvalue weighted by Gasteiger charge is 2.33. The third-order valence-electron chi connectivity index (χ3n) is 7.43. The zero-order valence-corrected chi connectivity index (χ0v) is 20.2. The molecule has 5 rings (SSSR count). The van der Waals surface area contributed by atoms with E-state index in [2.05, 4.69) is 26.7 Å². The number of nitrogens with one attached hydrogen (secondary N) is 1. The Bertz CT molecular complexity index is 1290. The number of benzene rings is 1. The maximum Gasteiger partial charge on any atom is 0.573 e. The number of nitrogens with zero attached hydrogens (tertiary/aromatic N) is 3. The molecule has 11 heteroatoms. The number of rotatable bonds is 4. The van der Waals surface area contributed by atoms with E-state index in [-0.39, 0.29) is 17.3 Å². The predicted molar refractivity (Wildman–Crippen MR) is 126 cm³/mol. The third kappa shape index (κ3) is 5.41. The van der Waals surface area contributed by atoms with Crippen LogP contribution in [0.3, 0.4) is 0 Å². The molecule has 0 spiro atoms. The van der Waals surface area contributed by atoms with E-state index in [1.165, 1.54) is 11.1 Å². The van der Waals surface area contributed by atoms with Gasteiger partial charge in [-0.15, -0.1) is 13.2 Å². The number of piperidine rings is 2. The lowest BCUT2D eigenvalue weighted by Crippen LogP contribution is -2.38. The molecular weight excluding hydrogens is 495 g/mol. The molecule has 0 atom stereocenters. The fourth-order valence-electron chi connectivity index (χ4n) is 5.44. The molecule has 1 aromatic carbocycles. The number of alkyl halides is 3. The topological polar surface area (TPSA) is 61.5 Å². The molecule has 0 aliphatic carbocycles. The summed E-state index contributed by atoms with van der Waals surface area (Å²) in [6.07, 6.45) is -0.772. The average Bonchev–Trinajstić information content (AvgIpc) is 3.29. The Morgan fingerprint density at radius 2 is 1.68 bits per heavy atom. The van der Waals surface area contributed by atoms with Crippen molar-refractivity contribution in [1.29, 1.82) is 0 Å². The molecule has 198 valence electrons. The van der Waals surface area contributed by atoms with E-state index >= 15 is 4.39 Å². The van der Waals surface area contributed by atoms with Gasteiger partial charge in [-0.1, -0.05) is 0 Å². The Morgan fingerprint density at radius 3 is 2.32 bits per heavy atom. The van der Waals surface area contributed by atoms with Crippen LogP contribution in [-0.2, 0) is 0 Å². The van der Waals surface area contributed by atoms with E-state index in [0.29, 0.717) is 43.1 Å². The van der Waals surface area contributed by atoms with Crippen LogP contribution in [0, 0.1) is 11.6 Å². The van der Waals surface area contributed by atoms with Gasteiger partial charge in [0.05, 0.1) is 6.20 Å². The van der Waals surface area contributed by atoms with Crippen molar-refractivity contribution in [2.45, 2.75) is 43.9 Å². The molecule has 37 heavy (non-hydrogen) atoms. The summed E-state index contributed by atoms with van der Waals surface area (Å²) in [6, 6.07) is 4.66. The smallest absolute Gasteiger partial charge is 0.403 e. The second-order valence-electron chi connectivity index (χ2n) is 9.84. The van der Waals surface area contributed by atoms with Gasteiger partial charge in [-0.05, 0) is 76.0 Å². The first-order valence-electron chi connectivity index (χ1n) is 12.3. The number of fused-ring (bicyclic) bond motifs is 1. The second-order valence-corrected chi connectivity index (χ2v) is 9.84. The lowest BCUT2D eigenvalue weighted by Gasteiger charge is -2.32. The molecule has 3 aromatic rings. The monoisotopic (exact) mass is 522 g/mol. The van der Waals surface area contributed by atoms with E-state index in [4.69, 9.17) is 0 Å². The number of aromatic nitrogens is 2. The highest BCUT2D eigenvalue weighted by atomic mass is 19.4. The van der Waals surface area contributed by atoms with Gasteiger partial charge < -0.3 is 19.5 Å². The first-order valence-corrected chi connectivity index (χ1v) is 12.3. The molecule has 1 amide bonds. The summed E-state index contributed by atoms with van der Waals surface area (Å²) >= 11 is 0. The standard InChI is InChI=1S/C26H27F5N4O2/c1-34-8-4-15(5-9-34)21-13-18-23(20(28)14-32-24(18)33-21)16-6-10-35(11-7-16)25(36)17-2-3-22(19(27)12-17)37-26(29,30)31/h2-3,12-16H,4-11H2,1H3,(H,32,33). The molecule has 4 heterocycles. The van der Waals surface area contributed by atoms with Crippen LogP contribution in [0.5, 0.6) is 5.75 Å². The van der Waals surface area contributed by atoms with Crippen LogP contribution in [-0.4, -0.2) is 65.3 Å². The average molecular weight is 523 g/mol. The summed E-state index contributed by atoms with van der Waals surface area (Å²) in [7, 11) is 2.10. The number of carbonyl (C=O) groups is 1. The summed E-state index contributed by atoms with van der Waals surface area (Å²) in [5, 5.41) is 0.765. The largest absolute Gasteiger partial charge is 0.573 e. The second kappa shape index (κ2) is 9.92. The Morgan fingerprint density at radius 1 is 1.00 bits per heavy atom. The number of carbonyl (C=O) groups excluding carboxylic acids is 1.